The summed E-state index contributed by atoms with van der Waals surface area (Å²) >= 11 is 1.13. The van der Waals surface area contributed by atoms with Crippen LogP contribution in [0.3, 0.4) is 0 Å². The van der Waals surface area contributed by atoms with E-state index in [1.54, 1.807) is 26.2 Å². The lowest BCUT2D eigenvalue weighted by Crippen LogP contribution is -2.17. The summed E-state index contributed by atoms with van der Waals surface area (Å²) in [6.45, 7) is 1.79. The highest BCUT2D eigenvalue weighted by Gasteiger charge is 2.17. The van der Waals surface area contributed by atoms with Crippen LogP contribution >= 0.6 is 11.8 Å². The van der Waals surface area contributed by atoms with Gasteiger partial charge in [0.05, 0.1) is 18.4 Å². The van der Waals surface area contributed by atoms with Crippen molar-refractivity contribution in [3.8, 4) is 17.1 Å². The van der Waals surface area contributed by atoms with E-state index in [9.17, 15) is 9.18 Å². The maximum atomic E-state index is 13.3. The summed E-state index contributed by atoms with van der Waals surface area (Å²) in [6.07, 6.45) is 0. The molecule has 0 fully saturated rings. The van der Waals surface area contributed by atoms with E-state index < -0.39 is 5.82 Å². The number of halogens is 1. The summed E-state index contributed by atoms with van der Waals surface area (Å²) < 4.78 is 19.9. The van der Waals surface area contributed by atoms with Crippen molar-refractivity contribution < 1.29 is 13.9 Å². The number of ether oxygens (including phenoxy) is 1. The van der Waals surface area contributed by atoms with E-state index >= 15 is 0 Å². The minimum absolute atomic E-state index is 0.0528. The van der Waals surface area contributed by atoms with E-state index in [0.717, 1.165) is 17.3 Å². The maximum Gasteiger partial charge on any atom is 0.234 e. The molecular weight excluding hydrogens is 369 g/mol. The van der Waals surface area contributed by atoms with E-state index in [4.69, 9.17) is 10.6 Å². The predicted molar refractivity (Wildman–Crippen MR) is 103 cm³/mol. The van der Waals surface area contributed by atoms with Gasteiger partial charge in [-0.25, -0.2) is 9.07 Å². The number of hydrogen-bond acceptors (Lipinski definition) is 6. The standard InChI is InChI=1S/C18H18FN5O2S/c1-11-7-8-12(19)9-14(11)21-16(25)10-27-18-23-22-17(24(18)20)13-5-3-4-6-15(13)26-2/h3-9H,10,20H2,1-2H3,(H,21,25). The zero-order chi connectivity index (χ0) is 19.4. The third-order valence-corrected chi connectivity index (χ3v) is 4.76. The second-order valence-electron chi connectivity index (χ2n) is 5.67. The van der Waals surface area contributed by atoms with Crippen molar-refractivity contribution in [3.63, 3.8) is 0 Å². The van der Waals surface area contributed by atoms with Gasteiger partial charge in [-0.1, -0.05) is 30.0 Å². The summed E-state index contributed by atoms with van der Waals surface area (Å²) in [5, 5.41) is 11.2. The van der Waals surface area contributed by atoms with Gasteiger partial charge in [-0.05, 0) is 36.8 Å². The summed E-state index contributed by atoms with van der Waals surface area (Å²) in [6, 6.07) is 11.5. The lowest BCUT2D eigenvalue weighted by atomic mass is 10.2. The number of amides is 1. The highest BCUT2D eigenvalue weighted by molar-refractivity contribution is 7.99. The van der Waals surface area contributed by atoms with Gasteiger partial charge < -0.3 is 15.9 Å². The highest BCUT2D eigenvalue weighted by Crippen LogP contribution is 2.29. The van der Waals surface area contributed by atoms with E-state index in [1.807, 2.05) is 18.2 Å². The van der Waals surface area contributed by atoms with Gasteiger partial charge >= 0.3 is 0 Å². The van der Waals surface area contributed by atoms with Crippen LogP contribution in [0.2, 0.25) is 0 Å². The fourth-order valence-electron chi connectivity index (χ4n) is 2.43. The zero-order valence-electron chi connectivity index (χ0n) is 14.8. The van der Waals surface area contributed by atoms with Crippen molar-refractivity contribution >= 4 is 23.4 Å². The summed E-state index contributed by atoms with van der Waals surface area (Å²) in [5.74, 6) is 6.47. The van der Waals surface area contributed by atoms with E-state index in [2.05, 4.69) is 15.5 Å². The molecule has 0 unspecified atom stereocenters. The Kier molecular flexibility index (Phi) is 5.60. The minimum Gasteiger partial charge on any atom is -0.496 e. The first-order valence-electron chi connectivity index (χ1n) is 8.02. The molecule has 0 aliphatic carbocycles. The summed E-state index contributed by atoms with van der Waals surface area (Å²) in [5.41, 5.74) is 1.90. The van der Waals surface area contributed by atoms with Crippen LogP contribution < -0.4 is 15.9 Å². The Hall–Kier alpha value is -3.07. The van der Waals surface area contributed by atoms with E-state index in [-0.39, 0.29) is 11.7 Å². The lowest BCUT2D eigenvalue weighted by molar-refractivity contribution is -0.113. The molecule has 3 rings (SSSR count). The van der Waals surface area contributed by atoms with Crippen molar-refractivity contribution in [1.29, 1.82) is 0 Å². The molecule has 0 saturated carbocycles. The largest absolute Gasteiger partial charge is 0.496 e. The van der Waals surface area contributed by atoms with E-state index in [0.29, 0.717) is 28.0 Å². The highest BCUT2D eigenvalue weighted by atomic mass is 32.2. The zero-order valence-corrected chi connectivity index (χ0v) is 15.6. The molecule has 0 spiro atoms. The Morgan fingerprint density at radius 3 is 2.85 bits per heavy atom. The first kappa shape index (κ1) is 18.7. The van der Waals surface area contributed by atoms with Gasteiger partial charge in [0, 0.05) is 5.69 Å². The monoisotopic (exact) mass is 387 g/mol. The topological polar surface area (TPSA) is 95.1 Å². The molecule has 0 aliphatic rings. The van der Waals surface area contributed by atoms with Crippen molar-refractivity contribution in [3.05, 3.63) is 53.8 Å². The number of methoxy groups -OCH3 is 1. The fourth-order valence-corrected chi connectivity index (χ4v) is 3.09. The van der Waals surface area contributed by atoms with Crippen molar-refractivity contribution in [1.82, 2.24) is 14.9 Å². The molecule has 0 saturated heterocycles. The number of nitrogen functional groups attached to an aromatic ring is 1. The number of aryl methyl sites for hydroxylation is 1. The molecule has 7 nitrogen and oxygen atoms in total. The quantitative estimate of drug-likeness (QED) is 0.499. The number of para-hydroxylation sites is 1. The van der Waals surface area contributed by atoms with Gasteiger partial charge in [-0.15, -0.1) is 10.2 Å². The average Bonchev–Trinajstić information content (AvgIpc) is 3.03. The maximum absolute atomic E-state index is 13.3. The number of thioether (sulfide) groups is 1. The van der Waals surface area contributed by atoms with E-state index in [1.165, 1.54) is 16.8 Å². The molecule has 0 aliphatic heterocycles. The third-order valence-electron chi connectivity index (χ3n) is 3.82. The van der Waals surface area contributed by atoms with Gasteiger partial charge in [0.2, 0.25) is 11.1 Å². The molecule has 0 bridgehead atoms. The molecule has 2 aromatic carbocycles. The van der Waals surface area contributed by atoms with Crippen LogP contribution in [0, 0.1) is 12.7 Å². The van der Waals surface area contributed by atoms with Crippen molar-refractivity contribution in [2.75, 3.05) is 24.0 Å². The summed E-state index contributed by atoms with van der Waals surface area (Å²) in [4.78, 5) is 12.2. The number of benzene rings is 2. The molecule has 3 N–H and O–H groups in total. The molecular formula is C18H18FN5O2S. The number of anilines is 1. The van der Waals surface area contributed by atoms with Gasteiger partial charge in [0.1, 0.15) is 11.6 Å². The Morgan fingerprint density at radius 1 is 1.30 bits per heavy atom. The molecule has 9 heteroatoms. The van der Waals surface area contributed by atoms with Crippen molar-refractivity contribution in [2.45, 2.75) is 12.1 Å². The molecule has 0 atom stereocenters. The number of rotatable bonds is 6. The number of carbonyl (C=O) groups excluding carboxylic acids is 1. The second kappa shape index (κ2) is 8.09. The van der Waals surface area contributed by atoms with Crippen LogP contribution in [0.25, 0.3) is 11.4 Å². The van der Waals surface area contributed by atoms with Crippen LogP contribution in [-0.4, -0.2) is 33.6 Å². The SMILES string of the molecule is COc1ccccc1-c1nnc(SCC(=O)Nc2cc(F)ccc2C)n1N. The number of nitrogens with one attached hydrogen (secondary N) is 1. The number of nitrogens with zero attached hydrogens (tertiary/aromatic N) is 3. The average molecular weight is 387 g/mol. The second-order valence-corrected chi connectivity index (χ2v) is 6.62. The normalized spacial score (nSPS) is 10.6. The number of hydrogen-bond donors (Lipinski definition) is 2. The predicted octanol–water partition coefficient (Wildman–Crippen LogP) is 2.85. The van der Waals surface area contributed by atoms with Crippen LogP contribution in [0.4, 0.5) is 10.1 Å². The van der Waals surface area contributed by atoms with Gasteiger partial charge in [0.25, 0.3) is 0 Å². The fraction of sp³-hybridized carbons (Fsp3) is 0.167. The Bertz CT molecular complexity index is 976. The Morgan fingerprint density at radius 2 is 2.07 bits per heavy atom. The van der Waals surface area contributed by atoms with Gasteiger partial charge in [0.15, 0.2) is 5.82 Å². The van der Waals surface area contributed by atoms with Gasteiger partial charge in [-0.3, -0.25) is 4.79 Å². The van der Waals surface area contributed by atoms with Gasteiger partial charge in [-0.2, -0.15) is 0 Å². The minimum atomic E-state index is -0.410. The number of aromatic nitrogens is 3. The molecule has 1 aromatic heterocycles. The van der Waals surface area contributed by atoms with Crippen LogP contribution in [0.5, 0.6) is 5.75 Å². The molecule has 140 valence electrons. The number of nitrogens with two attached hydrogens (primary N) is 1. The van der Waals surface area contributed by atoms with Crippen molar-refractivity contribution in [2.24, 2.45) is 0 Å². The first-order valence-corrected chi connectivity index (χ1v) is 9.01. The van der Waals surface area contributed by atoms with Crippen LogP contribution in [-0.2, 0) is 4.79 Å². The third kappa shape index (κ3) is 4.20. The molecule has 1 heterocycles. The molecule has 0 radical (unpaired) electrons. The lowest BCUT2D eigenvalue weighted by Gasteiger charge is -2.09. The Balaban J connectivity index is 1.69. The smallest absolute Gasteiger partial charge is 0.234 e. The first-order chi connectivity index (χ1) is 13.0. The molecule has 1 amide bonds. The molecule has 3 aromatic rings. The van der Waals surface area contributed by atoms with Crippen LogP contribution in [0.1, 0.15) is 5.56 Å². The number of carbonyl (C=O) groups is 1. The Labute approximate surface area is 159 Å². The summed E-state index contributed by atoms with van der Waals surface area (Å²) in [7, 11) is 1.56. The van der Waals surface area contributed by atoms with Crippen LogP contribution in [0.15, 0.2) is 47.6 Å². The molecule has 27 heavy (non-hydrogen) atoms.